The second kappa shape index (κ2) is 8.61. The van der Waals surface area contributed by atoms with E-state index in [0.717, 1.165) is 22.4 Å². The molecule has 6 nitrogen and oxygen atoms in total. The highest BCUT2D eigenvalue weighted by atomic mass is 16.5. The van der Waals surface area contributed by atoms with Gasteiger partial charge in [-0.3, -0.25) is 0 Å². The fourth-order valence-electron chi connectivity index (χ4n) is 3.25. The number of amides is 2. The first kappa shape index (κ1) is 19.5. The van der Waals surface area contributed by atoms with Crippen LogP contribution in [0.15, 0.2) is 54.1 Å². The number of hydrogen-bond donors (Lipinski definition) is 2. The Bertz CT molecular complexity index is 906. The van der Waals surface area contributed by atoms with E-state index in [2.05, 4.69) is 10.6 Å². The fraction of sp³-hybridized carbons (Fsp3) is 0.273. The van der Waals surface area contributed by atoms with Crippen LogP contribution in [-0.4, -0.2) is 25.2 Å². The molecule has 6 heteroatoms. The molecular formula is C22H24N2O4. The average Bonchev–Trinajstić information content (AvgIpc) is 2.70. The Morgan fingerprint density at radius 2 is 1.82 bits per heavy atom. The fourth-order valence-corrected chi connectivity index (χ4v) is 3.25. The van der Waals surface area contributed by atoms with Crippen LogP contribution in [0.3, 0.4) is 0 Å². The van der Waals surface area contributed by atoms with Gasteiger partial charge < -0.3 is 20.1 Å². The lowest BCUT2D eigenvalue weighted by Gasteiger charge is -2.30. The zero-order valence-corrected chi connectivity index (χ0v) is 16.2. The van der Waals surface area contributed by atoms with Crippen LogP contribution in [0.2, 0.25) is 0 Å². The molecule has 2 N–H and O–H groups in total. The molecule has 2 amide bonds. The Kier molecular flexibility index (Phi) is 5.99. The van der Waals surface area contributed by atoms with Crippen molar-refractivity contribution in [3.05, 3.63) is 70.8 Å². The summed E-state index contributed by atoms with van der Waals surface area (Å²) in [7, 11) is 0. The highest BCUT2D eigenvalue weighted by molar-refractivity contribution is 6.04. The number of carbonyl (C=O) groups excluding carboxylic acids is 2. The molecule has 0 fully saturated rings. The summed E-state index contributed by atoms with van der Waals surface area (Å²) in [5, 5.41) is 5.62. The summed E-state index contributed by atoms with van der Waals surface area (Å²) in [4.78, 5) is 25.2. The van der Waals surface area contributed by atoms with Crippen LogP contribution in [0.25, 0.3) is 5.70 Å². The van der Waals surface area contributed by atoms with Gasteiger partial charge >= 0.3 is 12.0 Å². The Balaban J connectivity index is 2.13. The second-order valence-electron chi connectivity index (χ2n) is 6.36. The zero-order chi connectivity index (χ0) is 20.1. The van der Waals surface area contributed by atoms with E-state index < -0.39 is 12.0 Å². The molecule has 0 aromatic heterocycles. The maximum Gasteiger partial charge on any atom is 0.338 e. The smallest absolute Gasteiger partial charge is 0.338 e. The van der Waals surface area contributed by atoms with Crippen molar-refractivity contribution >= 4 is 17.7 Å². The summed E-state index contributed by atoms with van der Waals surface area (Å²) in [6, 6.07) is 13.9. The number of carbonyl (C=O) groups is 2. The summed E-state index contributed by atoms with van der Waals surface area (Å²) in [5.41, 5.74) is 3.28. The van der Waals surface area contributed by atoms with Gasteiger partial charge in [0.15, 0.2) is 0 Å². The molecule has 146 valence electrons. The zero-order valence-electron chi connectivity index (χ0n) is 16.2. The molecule has 0 aliphatic carbocycles. The summed E-state index contributed by atoms with van der Waals surface area (Å²) < 4.78 is 10.9. The molecule has 28 heavy (non-hydrogen) atoms. The van der Waals surface area contributed by atoms with E-state index in [4.69, 9.17) is 9.47 Å². The predicted molar refractivity (Wildman–Crippen MR) is 107 cm³/mol. The molecule has 1 atom stereocenters. The van der Waals surface area contributed by atoms with E-state index in [1.807, 2.05) is 62.4 Å². The van der Waals surface area contributed by atoms with Gasteiger partial charge in [0.1, 0.15) is 5.75 Å². The van der Waals surface area contributed by atoms with Crippen molar-refractivity contribution in [3.8, 4) is 5.75 Å². The van der Waals surface area contributed by atoms with Crippen molar-refractivity contribution < 1.29 is 19.1 Å². The van der Waals surface area contributed by atoms with E-state index in [9.17, 15) is 9.59 Å². The van der Waals surface area contributed by atoms with Crippen LogP contribution in [0, 0.1) is 6.92 Å². The lowest BCUT2D eigenvalue weighted by atomic mass is 9.92. The number of nitrogens with one attached hydrogen (secondary N) is 2. The summed E-state index contributed by atoms with van der Waals surface area (Å²) >= 11 is 0. The van der Waals surface area contributed by atoms with Crippen LogP contribution < -0.4 is 15.4 Å². The van der Waals surface area contributed by atoms with Crippen molar-refractivity contribution in [2.75, 3.05) is 13.2 Å². The number of rotatable bonds is 6. The highest BCUT2D eigenvalue weighted by Crippen LogP contribution is 2.33. The Morgan fingerprint density at radius 3 is 2.46 bits per heavy atom. The van der Waals surface area contributed by atoms with Crippen molar-refractivity contribution in [2.24, 2.45) is 0 Å². The van der Waals surface area contributed by atoms with Gasteiger partial charge in [0.2, 0.25) is 0 Å². The third-order valence-electron chi connectivity index (χ3n) is 4.46. The molecule has 0 bridgehead atoms. The van der Waals surface area contributed by atoms with Gasteiger partial charge in [-0.25, -0.2) is 9.59 Å². The molecule has 0 saturated carbocycles. The van der Waals surface area contributed by atoms with Gasteiger partial charge in [-0.05, 0) is 49.6 Å². The van der Waals surface area contributed by atoms with Gasteiger partial charge in [0.05, 0.1) is 30.5 Å². The van der Waals surface area contributed by atoms with Gasteiger partial charge in [0, 0.05) is 0 Å². The van der Waals surface area contributed by atoms with Gasteiger partial charge in [0.25, 0.3) is 0 Å². The molecule has 3 rings (SSSR count). The first-order valence-electron chi connectivity index (χ1n) is 9.32. The highest BCUT2D eigenvalue weighted by Gasteiger charge is 2.34. The third kappa shape index (κ3) is 4.01. The number of urea groups is 1. The summed E-state index contributed by atoms with van der Waals surface area (Å²) in [6.45, 7) is 6.42. The number of ether oxygens (including phenoxy) is 2. The molecule has 0 radical (unpaired) electrons. The van der Waals surface area contributed by atoms with E-state index >= 15 is 0 Å². The number of aryl methyl sites for hydroxylation is 1. The van der Waals surface area contributed by atoms with E-state index in [1.165, 1.54) is 0 Å². The topological polar surface area (TPSA) is 76.7 Å². The number of hydrogen-bond acceptors (Lipinski definition) is 4. The first-order chi connectivity index (χ1) is 13.5. The van der Waals surface area contributed by atoms with Crippen LogP contribution in [0.4, 0.5) is 4.79 Å². The lowest BCUT2D eigenvalue weighted by molar-refractivity contribution is -0.138. The lowest BCUT2D eigenvalue weighted by Crippen LogP contribution is -2.45. The SMILES string of the molecule is CCOC(=O)C1=C(c2ccccc2)NC(=O)N[C@H]1c1ccc(OCC)c(C)c1. The molecule has 1 aliphatic rings. The minimum Gasteiger partial charge on any atom is -0.494 e. The molecule has 0 unspecified atom stereocenters. The molecule has 2 aromatic carbocycles. The predicted octanol–water partition coefficient (Wildman–Crippen LogP) is 3.72. The average molecular weight is 380 g/mol. The van der Waals surface area contributed by atoms with Crippen LogP contribution in [0.5, 0.6) is 5.75 Å². The van der Waals surface area contributed by atoms with E-state index in [1.54, 1.807) is 6.92 Å². The van der Waals surface area contributed by atoms with E-state index in [0.29, 0.717) is 17.9 Å². The van der Waals surface area contributed by atoms with Crippen LogP contribution in [0.1, 0.15) is 36.6 Å². The maximum atomic E-state index is 12.8. The van der Waals surface area contributed by atoms with Crippen LogP contribution in [-0.2, 0) is 9.53 Å². The normalized spacial score (nSPS) is 16.2. The minimum absolute atomic E-state index is 0.243. The Labute approximate surface area is 164 Å². The molecule has 0 saturated heterocycles. The number of esters is 1. The maximum absolute atomic E-state index is 12.8. The minimum atomic E-state index is -0.627. The van der Waals surface area contributed by atoms with Crippen molar-refractivity contribution in [2.45, 2.75) is 26.8 Å². The molecule has 2 aromatic rings. The van der Waals surface area contributed by atoms with Gasteiger partial charge in [-0.1, -0.05) is 36.4 Å². The Hall–Kier alpha value is -3.28. The van der Waals surface area contributed by atoms with Crippen LogP contribution >= 0.6 is 0 Å². The quantitative estimate of drug-likeness (QED) is 0.749. The third-order valence-corrected chi connectivity index (χ3v) is 4.46. The monoisotopic (exact) mass is 380 g/mol. The molecular weight excluding hydrogens is 356 g/mol. The summed E-state index contributed by atoms with van der Waals surface area (Å²) in [5.74, 6) is 0.307. The van der Waals surface area contributed by atoms with Crippen molar-refractivity contribution in [3.63, 3.8) is 0 Å². The van der Waals surface area contributed by atoms with Gasteiger partial charge in [-0.2, -0.15) is 0 Å². The molecule has 0 spiro atoms. The number of benzene rings is 2. The van der Waals surface area contributed by atoms with Gasteiger partial charge in [-0.15, -0.1) is 0 Å². The van der Waals surface area contributed by atoms with E-state index in [-0.39, 0.29) is 12.6 Å². The summed E-state index contributed by atoms with van der Waals surface area (Å²) in [6.07, 6.45) is 0. The first-order valence-corrected chi connectivity index (χ1v) is 9.32. The standard InChI is InChI=1S/C22H24N2O4/c1-4-27-17-12-11-16(13-14(17)3)20-18(21(25)28-5-2)19(23-22(26)24-20)15-9-7-6-8-10-15/h6-13,20H,4-5H2,1-3H3,(H2,23,24,26)/t20-/m0/s1. The molecule has 1 aliphatic heterocycles. The Morgan fingerprint density at radius 1 is 1.07 bits per heavy atom. The van der Waals surface area contributed by atoms with Crippen molar-refractivity contribution in [1.29, 1.82) is 0 Å². The largest absolute Gasteiger partial charge is 0.494 e. The van der Waals surface area contributed by atoms with Crippen molar-refractivity contribution in [1.82, 2.24) is 10.6 Å². The second-order valence-corrected chi connectivity index (χ2v) is 6.36. The molecule has 1 heterocycles.